The maximum absolute atomic E-state index is 12.8. The van der Waals surface area contributed by atoms with Gasteiger partial charge in [-0.2, -0.15) is 0 Å². The fourth-order valence-corrected chi connectivity index (χ4v) is 4.46. The van der Waals surface area contributed by atoms with Crippen LogP contribution in [0, 0.1) is 5.92 Å². The number of nitrogens with zero attached hydrogens (tertiary/aromatic N) is 1. The molecule has 0 unspecified atom stereocenters. The minimum Gasteiger partial charge on any atom is -0.299 e. The van der Waals surface area contributed by atoms with E-state index < -0.39 is 0 Å². The van der Waals surface area contributed by atoms with Crippen molar-refractivity contribution in [3.63, 3.8) is 0 Å². The normalized spacial score (nSPS) is 16.7. The topological polar surface area (TPSA) is 47.0 Å². The summed E-state index contributed by atoms with van der Waals surface area (Å²) in [5, 5.41) is 2.21. The van der Waals surface area contributed by atoms with Crippen LogP contribution in [0.4, 0.5) is 0 Å². The third-order valence-electron chi connectivity index (χ3n) is 6.43. The highest BCUT2D eigenvalue weighted by Gasteiger charge is 2.43. The summed E-state index contributed by atoms with van der Waals surface area (Å²) in [6.45, 7) is 0. The van der Waals surface area contributed by atoms with Crippen molar-refractivity contribution in [3.05, 3.63) is 114 Å². The lowest BCUT2D eigenvalue weighted by molar-refractivity contribution is -0.119. The standard InChI is InChI=1S/C29H25NO2.CH4/c31-28(13-7-20-4-2-1-3-5-20)23-11-9-22(10-12-23)26-18-27(26)29(32)17-21-6-8-25-19-30-15-14-24(25)16-21;/h1-6,8-12,14-16,19,26-27H,7,13,17-18H2;1H4/t26-,27+;/m0./s1. The molecule has 1 heterocycles. The number of aromatic nitrogens is 1. The first kappa shape index (κ1) is 22.6. The molecule has 0 amide bonds. The first-order valence-corrected chi connectivity index (χ1v) is 11.2. The molecule has 0 spiro atoms. The maximum Gasteiger partial charge on any atom is 0.163 e. The van der Waals surface area contributed by atoms with E-state index in [-0.39, 0.29) is 25.0 Å². The SMILES string of the molecule is C.O=C(CCc1ccccc1)c1ccc([C@@H]2C[C@H]2C(=O)Cc2ccc3cnccc3c2)cc1. The fraction of sp³-hybridized carbons (Fsp3) is 0.233. The van der Waals surface area contributed by atoms with Crippen LogP contribution in [0.1, 0.15) is 53.2 Å². The lowest BCUT2D eigenvalue weighted by atomic mass is 9.98. The van der Waals surface area contributed by atoms with E-state index in [1.54, 1.807) is 6.20 Å². The number of pyridine rings is 1. The van der Waals surface area contributed by atoms with Crippen molar-refractivity contribution < 1.29 is 9.59 Å². The Kier molecular flexibility index (Phi) is 6.79. The van der Waals surface area contributed by atoms with E-state index in [4.69, 9.17) is 0 Å². The molecule has 4 aromatic rings. The van der Waals surface area contributed by atoms with Gasteiger partial charge in [0.1, 0.15) is 5.78 Å². The lowest BCUT2D eigenvalue weighted by Gasteiger charge is -2.05. The highest BCUT2D eigenvalue weighted by Crippen LogP contribution is 2.48. The van der Waals surface area contributed by atoms with Crippen LogP contribution in [0.3, 0.4) is 0 Å². The van der Waals surface area contributed by atoms with Crippen LogP contribution in [0.2, 0.25) is 0 Å². The minimum absolute atomic E-state index is 0. The molecule has 33 heavy (non-hydrogen) atoms. The molecule has 3 heteroatoms. The molecule has 5 rings (SSSR count). The van der Waals surface area contributed by atoms with Gasteiger partial charge in [-0.3, -0.25) is 14.6 Å². The first-order valence-electron chi connectivity index (χ1n) is 11.2. The first-order chi connectivity index (χ1) is 15.7. The number of ketones is 2. The molecule has 1 aliphatic carbocycles. The van der Waals surface area contributed by atoms with Gasteiger partial charge in [-0.05, 0) is 46.9 Å². The van der Waals surface area contributed by atoms with Gasteiger partial charge in [0, 0.05) is 42.1 Å². The number of hydrogen-bond acceptors (Lipinski definition) is 3. The molecule has 1 saturated carbocycles. The Hall–Kier alpha value is -3.59. The number of rotatable bonds is 8. The predicted molar refractivity (Wildman–Crippen MR) is 134 cm³/mol. The monoisotopic (exact) mass is 435 g/mol. The molecule has 3 nitrogen and oxygen atoms in total. The van der Waals surface area contributed by atoms with Crippen LogP contribution in [-0.4, -0.2) is 16.6 Å². The zero-order valence-electron chi connectivity index (χ0n) is 17.9. The Labute approximate surface area is 195 Å². The predicted octanol–water partition coefficient (Wildman–Crippen LogP) is 6.60. The summed E-state index contributed by atoms with van der Waals surface area (Å²) in [6, 6.07) is 26.1. The van der Waals surface area contributed by atoms with Crippen molar-refractivity contribution in [1.29, 1.82) is 0 Å². The number of fused-ring (bicyclic) bond motifs is 1. The molecule has 1 aromatic heterocycles. The third kappa shape index (κ3) is 5.25. The van der Waals surface area contributed by atoms with Crippen LogP contribution in [0.25, 0.3) is 10.8 Å². The van der Waals surface area contributed by atoms with Gasteiger partial charge in [0.2, 0.25) is 0 Å². The number of hydrogen-bond donors (Lipinski definition) is 0. The molecule has 0 saturated heterocycles. The Bertz CT molecular complexity index is 1260. The van der Waals surface area contributed by atoms with Crippen LogP contribution < -0.4 is 0 Å². The summed E-state index contributed by atoms with van der Waals surface area (Å²) in [7, 11) is 0. The van der Waals surface area contributed by atoms with Gasteiger partial charge >= 0.3 is 0 Å². The molecule has 166 valence electrons. The van der Waals surface area contributed by atoms with Crippen molar-refractivity contribution in [2.24, 2.45) is 5.92 Å². The molecule has 2 atom stereocenters. The van der Waals surface area contributed by atoms with E-state index in [1.807, 2.05) is 66.9 Å². The van der Waals surface area contributed by atoms with Crippen molar-refractivity contribution in [1.82, 2.24) is 4.98 Å². The van der Waals surface area contributed by atoms with Crippen LogP contribution in [0.15, 0.2) is 91.3 Å². The van der Waals surface area contributed by atoms with Crippen molar-refractivity contribution in [3.8, 4) is 0 Å². The second kappa shape index (κ2) is 9.91. The van der Waals surface area contributed by atoms with Crippen molar-refractivity contribution in [2.45, 2.75) is 39.0 Å². The van der Waals surface area contributed by atoms with Gasteiger partial charge in [-0.25, -0.2) is 0 Å². The van der Waals surface area contributed by atoms with E-state index >= 15 is 0 Å². The number of aryl methyl sites for hydroxylation is 1. The van der Waals surface area contributed by atoms with Crippen LogP contribution in [-0.2, 0) is 17.6 Å². The van der Waals surface area contributed by atoms with E-state index in [1.165, 1.54) is 5.56 Å². The van der Waals surface area contributed by atoms with Gasteiger partial charge in [0.25, 0.3) is 0 Å². The smallest absolute Gasteiger partial charge is 0.163 e. The van der Waals surface area contributed by atoms with Crippen molar-refractivity contribution >= 4 is 22.3 Å². The van der Waals surface area contributed by atoms with Gasteiger partial charge in [-0.1, -0.05) is 80.2 Å². The number of benzene rings is 3. The highest BCUT2D eigenvalue weighted by molar-refractivity contribution is 5.96. The average molecular weight is 436 g/mol. The largest absolute Gasteiger partial charge is 0.299 e. The van der Waals surface area contributed by atoms with Gasteiger partial charge < -0.3 is 0 Å². The Morgan fingerprint density at radius 2 is 1.64 bits per heavy atom. The maximum atomic E-state index is 12.8. The fourth-order valence-electron chi connectivity index (χ4n) is 4.46. The third-order valence-corrected chi connectivity index (χ3v) is 6.43. The molecule has 0 radical (unpaired) electrons. The summed E-state index contributed by atoms with van der Waals surface area (Å²) >= 11 is 0. The summed E-state index contributed by atoms with van der Waals surface area (Å²) in [4.78, 5) is 29.5. The molecule has 0 aliphatic heterocycles. The van der Waals surface area contributed by atoms with E-state index in [9.17, 15) is 9.59 Å². The van der Waals surface area contributed by atoms with E-state index in [0.717, 1.165) is 40.3 Å². The van der Waals surface area contributed by atoms with Crippen molar-refractivity contribution in [2.75, 3.05) is 0 Å². The molecular formula is C30H29NO2. The molecule has 3 aromatic carbocycles. The van der Waals surface area contributed by atoms with Gasteiger partial charge in [-0.15, -0.1) is 0 Å². The second-order valence-electron chi connectivity index (χ2n) is 8.68. The molecule has 0 bridgehead atoms. The number of Topliss-reactive ketones (excluding diaryl/α,β-unsaturated/α-hetero) is 2. The molecule has 1 fully saturated rings. The Morgan fingerprint density at radius 1 is 0.848 bits per heavy atom. The summed E-state index contributed by atoms with van der Waals surface area (Å²) in [5.74, 6) is 0.824. The van der Waals surface area contributed by atoms with Crippen LogP contribution >= 0.6 is 0 Å². The summed E-state index contributed by atoms with van der Waals surface area (Å²) < 4.78 is 0. The summed E-state index contributed by atoms with van der Waals surface area (Å²) in [6.07, 6.45) is 6.25. The molecule has 1 aliphatic rings. The van der Waals surface area contributed by atoms with Crippen LogP contribution in [0.5, 0.6) is 0 Å². The molecular weight excluding hydrogens is 406 g/mol. The minimum atomic E-state index is 0. The zero-order chi connectivity index (χ0) is 21.9. The second-order valence-corrected chi connectivity index (χ2v) is 8.68. The number of carbonyl (C=O) groups excluding carboxylic acids is 2. The molecule has 0 N–H and O–H groups in total. The summed E-state index contributed by atoms with van der Waals surface area (Å²) in [5.41, 5.74) is 4.14. The van der Waals surface area contributed by atoms with E-state index in [2.05, 4.69) is 23.2 Å². The lowest BCUT2D eigenvalue weighted by Crippen LogP contribution is -2.06. The average Bonchev–Trinajstić information content (AvgIpc) is 3.64. The zero-order valence-corrected chi connectivity index (χ0v) is 17.9. The van der Waals surface area contributed by atoms with Gasteiger partial charge in [0.05, 0.1) is 0 Å². The highest BCUT2D eigenvalue weighted by atomic mass is 16.1. The quantitative estimate of drug-likeness (QED) is 0.293. The van der Waals surface area contributed by atoms with Gasteiger partial charge in [0.15, 0.2) is 5.78 Å². The number of carbonyl (C=O) groups is 2. The van der Waals surface area contributed by atoms with E-state index in [0.29, 0.717) is 18.6 Å². The Morgan fingerprint density at radius 3 is 2.42 bits per heavy atom. The Balaban J connectivity index is 0.00000259.